The minimum absolute atomic E-state index is 0.265. The molecule has 0 aromatic carbocycles. The first-order valence-electron chi connectivity index (χ1n) is 5.83. The van der Waals surface area contributed by atoms with Crippen LogP contribution >= 0.6 is 0 Å². The molecule has 1 aliphatic rings. The van der Waals surface area contributed by atoms with Gasteiger partial charge in [0.15, 0.2) is 0 Å². The molecule has 18 heavy (non-hydrogen) atoms. The molecule has 0 radical (unpaired) electrons. The lowest BCUT2D eigenvalue weighted by atomic mass is 9.98. The third-order valence-electron chi connectivity index (χ3n) is 3.18. The molecule has 0 aliphatic carbocycles. The lowest BCUT2D eigenvalue weighted by Gasteiger charge is -2.30. The van der Waals surface area contributed by atoms with Crippen LogP contribution in [0, 0.1) is 5.92 Å². The maximum atomic E-state index is 12.6. The van der Waals surface area contributed by atoms with Crippen LogP contribution in [-0.2, 0) is 11.3 Å². The van der Waals surface area contributed by atoms with Gasteiger partial charge in [-0.15, -0.1) is 0 Å². The normalized spacial score (nSPS) is 21.4. The zero-order chi connectivity index (χ0) is 13.1. The Morgan fingerprint density at radius 2 is 2.39 bits per heavy atom. The van der Waals surface area contributed by atoms with Gasteiger partial charge in [0, 0.05) is 18.9 Å². The molecule has 1 aliphatic heterocycles. The molecule has 0 bridgehead atoms. The lowest BCUT2D eigenvalue weighted by molar-refractivity contribution is -0.143. The average Bonchev–Trinajstić information content (AvgIpc) is 2.77. The van der Waals surface area contributed by atoms with E-state index in [1.807, 2.05) is 4.90 Å². The Balaban J connectivity index is 2.00. The molecule has 2 rings (SSSR count). The van der Waals surface area contributed by atoms with E-state index >= 15 is 0 Å². The van der Waals surface area contributed by atoms with Gasteiger partial charge in [0.2, 0.25) is 0 Å². The van der Waals surface area contributed by atoms with E-state index in [0.29, 0.717) is 13.0 Å². The fraction of sp³-hybridized carbons (Fsp3) is 0.636. The lowest BCUT2D eigenvalue weighted by Crippen LogP contribution is -2.38. The third-order valence-corrected chi connectivity index (χ3v) is 3.18. The van der Waals surface area contributed by atoms with E-state index < -0.39 is 18.4 Å². The summed E-state index contributed by atoms with van der Waals surface area (Å²) in [5, 5.41) is 8.96. The predicted octanol–water partition coefficient (Wildman–Crippen LogP) is 1.57. The molecule has 100 valence electrons. The molecule has 2 heterocycles. The van der Waals surface area contributed by atoms with Crippen molar-refractivity contribution in [2.24, 2.45) is 5.92 Å². The number of aromatic nitrogens is 2. The summed E-state index contributed by atoms with van der Waals surface area (Å²) >= 11 is 0. The minimum atomic E-state index is -2.61. The second kappa shape index (κ2) is 5.43. The quantitative estimate of drug-likeness (QED) is 0.891. The molecule has 1 saturated heterocycles. The van der Waals surface area contributed by atoms with Crippen molar-refractivity contribution in [2.45, 2.75) is 25.9 Å². The van der Waals surface area contributed by atoms with E-state index in [9.17, 15) is 13.6 Å². The van der Waals surface area contributed by atoms with Gasteiger partial charge in [-0.2, -0.15) is 8.78 Å². The molecule has 1 unspecified atom stereocenters. The number of rotatable bonds is 4. The van der Waals surface area contributed by atoms with Crippen molar-refractivity contribution in [1.29, 1.82) is 0 Å². The minimum Gasteiger partial charge on any atom is -0.481 e. The van der Waals surface area contributed by atoms with Crippen LogP contribution in [0.5, 0.6) is 0 Å². The van der Waals surface area contributed by atoms with Crippen molar-refractivity contribution in [3.8, 4) is 0 Å². The zero-order valence-corrected chi connectivity index (χ0v) is 9.80. The molecule has 1 N–H and O–H groups in total. The Morgan fingerprint density at radius 1 is 1.61 bits per heavy atom. The Kier molecular flexibility index (Phi) is 3.90. The van der Waals surface area contributed by atoms with Gasteiger partial charge in [-0.05, 0) is 19.4 Å². The number of aliphatic carboxylic acids is 1. The van der Waals surface area contributed by atoms with Gasteiger partial charge in [0.25, 0.3) is 0 Å². The second-order valence-corrected chi connectivity index (χ2v) is 4.44. The number of nitrogens with zero attached hydrogens (tertiary/aromatic N) is 3. The highest BCUT2D eigenvalue weighted by Gasteiger charge is 2.26. The first kappa shape index (κ1) is 12.9. The van der Waals surface area contributed by atoms with Crippen molar-refractivity contribution < 1.29 is 18.7 Å². The molecule has 0 spiro atoms. The summed E-state index contributed by atoms with van der Waals surface area (Å²) in [5.41, 5.74) is 0. The van der Waals surface area contributed by atoms with Gasteiger partial charge in [-0.3, -0.25) is 14.3 Å². The van der Waals surface area contributed by atoms with Gasteiger partial charge in [0.1, 0.15) is 5.82 Å². The molecule has 0 amide bonds. The number of carboxylic acids is 1. The molecule has 0 saturated carbocycles. The maximum absolute atomic E-state index is 12.6. The van der Waals surface area contributed by atoms with Crippen LogP contribution in [0.25, 0.3) is 0 Å². The number of hydrogen-bond donors (Lipinski definition) is 1. The average molecular weight is 259 g/mol. The summed E-state index contributed by atoms with van der Waals surface area (Å²) in [7, 11) is 0. The molecule has 1 fully saturated rings. The summed E-state index contributed by atoms with van der Waals surface area (Å²) in [6.07, 6.45) is 3.99. The van der Waals surface area contributed by atoms with Crippen LogP contribution in [0.3, 0.4) is 0 Å². The van der Waals surface area contributed by atoms with Crippen LogP contribution in [0.4, 0.5) is 8.78 Å². The van der Waals surface area contributed by atoms with Crippen molar-refractivity contribution in [3.05, 3.63) is 18.2 Å². The molecule has 1 aromatic heterocycles. The topological polar surface area (TPSA) is 58.4 Å². The fourth-order valence-electron chi connectivity index (χ4n) is 2.24. The van der Waals surface area contributed by atoms with Crippen LogP contribution in [0.15, 0.2) is 12.4 Å². The number of halogens is 2. The Morgan fingerprint density at radius 3 is 3.06 bits per heavy atom. The number of hydrogen-bond acceptors (Lipinski definition) is 3. The second-order valence-electron chi connectivity index (χ2n) is 4.44. The van der Waals surface area contributed by atoms with E-state index in [-0.39, 0.29) is 12.4 Å². The summed E-state index contributed by atoms with van der Waals surface area (Å²) in [5.74, 6) is -0.957. The first-order chi connectivity index (χ1) is 8.58. The monoisotopic (exact) mass is 259 g/mol. The summed E-state index contributed by atoms with van der Waals surface area (Å²) in [6.45, 7) is -1.23. The van der Waals surface area contributed by atoms with Crippen molar-refractivity contribution in [3.63, 3.8) is 0 Å². The van der Waals surface area contributed by atoms with Crippen LogP contribution in [0.2, 0.25) is 0 Å². The van der Waals surface area contributed by atoms with E-state index in [2.05, 4.69) is 4.98 Å². The summed E-state index contributed by atoms with van der Waals surface area (Å²) in [6, 6.07) is 0. The predicted molar refractivity (Wildman–Crippen MR) is 59.1 cm³/mol. The van der Waals surface area contributed by atoms with Crippen molar-refractivity contribution in [1.82, 2.24) is 14.5 Å². The highest BCUT2D eigenvalue weighted by Crippen LogP contribution is 2.20. The van der Waals surface area contributed by atoms with E-state index in [4.69, 9.17) is 5.11 Å². The van der Waals surface area contributed by atoms with Crippen LogP contribution in [-0.4, -0.2) is 38.6 Å². The number of piperidine rings is 1. The maximum Gasteiger partial charge on any atom is 0.319 e. The summed E-state index contributed by atoms with van der Waals surface area (Å²) < 4.78 is 26.1. The largest absolute Gasteiger partial charge is 0.481 e. The number of likely N-dealkylation sites (tertiary alicyclic amines) is 1. The molecular formula is C11H15F2N3O2. The number of imidazole rings is 1. The van der Waals surface area contributed by atoms with Gasteiger partial charge < -0.3 is 5.11 Å². The smallest absolute Gasteiger partial charge is 0.319 e. The van der Waals surface area contributed by atoms with E-state index in [1.54, 1.807) is 0 Å². The SMILES string of the molecule is O=C(O)C1CCCN(Cc2nccn2C(F)F)C1. The Hall–Kier alpha value is -1.50. The highest BCUT2D eigenvalue weighted by atomic mass is 19.3. The number of carboxylic acid groups (broad SMARTS) is 1. The molecule has 1 aromatic rings. The molecule has 7 heteroatoms. The molecule has 5 nitrogen and oxygen atoms in total. The molecule has 1 atom stereocenters. The summed E-state index contributed by atoms with van der Waals surface area (Å²) in [4.78, 5) is 16.7. The van der Waals surface area contributed by atoms with Gasteiger partial charge in [-0.25, -0.2) is 4.98 Å². The van der Waals surface area contributed by atoms with Crippen LogP contribution < -0.4 is 0 Å². The Labute approximate surface area is 103 Å². The van der Waals surface area contributed by atoms with E-state index in [0.717, 1.165) is 17.5 Å². The van der Waals surface area contributed by atoms with Crippen molar-refractivity contribution >= 4 is 5.97 Å². The van der Waals surface area contributed by atoms with Crippen LogP contribution in [0.1, 0.15) is 25.2 Å². The highest BCUT2D eigenvalue weighted by molar-refractivity contribution is 5.70. The van der Waals surface area contributed by atoms with E-state index in [1.165, 1.54) is 12.4 Å². The van der Waals surface area contributed by atoms with Crippen molar-refractivity contribution in [2.75, 3.05) is 13.1 Å². The Bertz CT molecular complexity index is 422. The number of carbonyl (C=O) groups is 1. The molecular weight excluding hydrogens is 244 g/mol. The van der Waals surface area contributed by atoms with Gasteiger partial charge in [-0.1, -0.05) is 0 Å². The zero-order valence-electron chi connectivity index (χ0n) is 9.80. The van der Waals surface area contributed by atoms with Gasteiger partial charge >= 0.3 is 12.5 Å². The fourth-order valence-corrected chi connectivity index (χ4v) is 2.24. The number of alkyl halides is 2. The third kappa shape index (κ3) is 2.84. The van der Waals surface area contributed by atoms with Gasteiger partial charge in [0.05, 0.1) is 12.5 Å². The first-order valence-corrected chi connectivity index (χ1v) is 5.83. The standard InChI is InChI=1S/C11H15F2N3O2/c12-11(13)16-5-3-14-9(16)7-15-4-1-2-8(6-15)10(17)18/h3,5,8,11H,1-2,4,6-7H2,(H,17,18).